The number of piperidine rings is 1. The molecule has 1 saturated heterocycles. The van der Waals surface area contributed by atoms with E-state index in [2.05, 4.69) is 21.4 Å². The molecule has 1 aromatic heterocycles. The van der Waals surface area contributed by atoms with Crippen molar-refractivity contribution in [2.24, 2.45) is 5.14 Å². The van der Waals surface area contributed by atoms with Crippen molar-refractivity contribution in [1.82, 2.24) is 14.5 Å². The molecule has 3 rings (SSSR count). The second-order valence-corrected chi connectivity index (χ2v) is 9.12. The van der Waals surface area contributed by atoms with Crippen LogP contribution in [0.3, 0.4) is 0 Å². The smallest absolute Gasteiger partial charge is 0.238 e. The number of hydrogen-bond donors (Lipinski definition) is 1. The molecule has 1 aliphatic heterocycles. The first-order valence-electron chi connectivity index (χ1n) is 8.87. The van der Waals surface area contributed by atoms with E-state index >= 15 is 0 Å². The number of rotatable bonds is 7. The lowest BCUT2D eigenvalue weighted by Gasteiger charge is -2.25. The summed E-state index contributed by atoms with van der Waals surface area (Å²) in [7, 11) is -3.70. The van der Waals surface area contributed by atoms with Gasteiger partial charge >= 0.3 is 0 Å². The Morgan fingerprint density at radius 2 is 1.96 bits per heavy atom. The van der Waals surface area contributed by atoms with Gasteiger partial charge in [-0.05, 0) is 50.6 Å². The fraction of sp³-hybridized carbons (Fsp3) is 0.588. The molecule has 0 bridgehead atoms. The summed E-state index contributed by atoms with van der Waals surface area (Å²) in [4.78, 5) is 7.31. The molecule has 0 aliphatic carbocycles. The zero-order valence-corrected chi connectivity index (χ0v) is 16.3. The van der Waals surface area contributed by atoms with Crippen LogP contribution in [0.5, 0.6) is 0 Å². The number of thioether (sulfide) groups is 1. The molecule has 1 aliphatic rings. The maximum absolute atomic E-state index is 11.6. The molecule has 25 heavy (non-hydrogen) atoms. The van der Waals surface area contributed by atoms with Crippen molar-refractivity contribution in [2.75, 3.05) is 25.4 Å². The van der Waals surface area contributed by atoms with E-state index < -0.39 is 10.0 Å². The largest absolute Gasteiger partial charge is 0.319 e. The molecule has 0 atom stereocenters. The van der Waals surface area contributed by atoms with Crippen molar-refractivity contribution >= 4 is 32.8 Å². The van der Waals surface area contributed by atoms with Crippen LogP contribution < -0.4 is 5.14 Å². The molecule has 0 spiro atoms. The summed E-state index contributed by atoms with van der Waals surface area (Å²) >= 11 is 1.75. The molecule has 2 aromatic rings. The zero-order valence-electron chi connectivity index (χ0n) is 14.6. The molecule has 8 heteroatoms. The van der Waals surface area contributed by atoms with Gasteiger partial charge in [-0.15, -0.1) is 0 Å². The topological polar surface area (TPSA) is 81.2 Å². The second kappa shape index (κ2) is 8.07. The summed E-state index contributed by atoms with van der Waals surface area (Å²) in [5.74, 6) is 0.995. The lowest BCUT2D eigenvalue weighted by Crippen LogP contribution is -2.31. The minimum atomic E-state index is -3.70. The highest BCUT2D eigenvalue weighted by molar-refractivity contribution is 7.99. The maximum atomic E-state index is 11.6. The monoisotopic (exact) mass is 382 g/mol. The van der Waals surface area contributed by atoms with Crippen LogP contribution in [0, 0.1) is 0 Å². The van der Waals surface area contributed by atoms with E-state index in [0.29, 0.717) is 5.52 Å². The summed E-state index contributed by atoms with van der Waals surface area (Å²) in [6.07, 6.45) is 4.95. The van der Waals surface area contributed by atoms with Gasteiger partial charge in [-0.1, -0.05) is 25.1 Å². The Morgan fingerprint density at radius 1 is 1.20 bits per heavy atom. The maximum Gasteiger partial charge on any atom is 0.238 e. The van der Waals surface area contributed by atoms with Crippen LogP contribution >= 0.6 is 11.8 Å². The van der Waals surface area contributed by atoms with Gasteiger partial charge in [0.1, 0.15) is 0 Å². The molecule has 2 heterocycles. The molecule has 0 amide bonds. The Hall–Kier alpha value is -1.09. The Balaban J connectivity index is 1.79. The van der Waals surface area contributed by atoms with Gasteiger partial charge in [0.2, 0.25) is 10.0 Å². The number of likely N-dealkylation sites (tertiary alicyclic amines) is 1. The zero-order chi connectivity index (χ0) is 17.9. The molecule has 1 aromatic carbocycles. The number of aryl methyl sites for hydroxylation is 1. The number of sulfonamides is 1. The Morgan fingerprint density at radius 3 is 2.64 bits per heavy atom. The summed E-state index contributed by atoms with van der Waals surface area (Å²) in [6, 6.07) is 4.95. The molecule has 2 N–H and O–H groups in total. The summed E-state index contributed by atoms with van der Waals surface area (Å²) in [6.45, 7) is 6.47. The first kappa shape index (κ1) is 18.7. The number of hydrogen-bond acceptors (Lipinski definition) is 5. The number of benzene rings is 1. The van der Waals surface area contributed by atoms with E-state index in [-0.39, 0.29) is 4.90 Å². The number of nitrogens with two attached hydrogens (primary N) is 1. The molecule has 138 valence electrons. The van der Waals surface area contributed by atoms with Crippen LogP contribution in [0.1, 0.15) is 32.6 Å². The van der Waals surface area contributed by atoms with Crippen molar-refractivity contribution < 1.29 is 8.42 Å². The first-order chi connectivity index (χ1) is 12.0. The predicted molar refractivity (Wildman–Crippen MR) is 102 cm³/mol. The standard InChI is InChI=1S/C17H26N4O2S2/c1-2-8-21-16-7-6-14(25(18,22)23)13-15(16)19-17(21)24-12-11-20-9-4-3-5-10-20/h6-7,13H,2-5,8-12H2,1H3,(H2,18,22,23). The molecule has 1 fully saturated rings. The van der Waals surface area contributed by atoms with Gasteiger partial charge in [0.15, 0.2) is 5.16 Å². The summed E-state index contributed by atoms with van der Waals surface area (Å²) in [5, 5.41) is 6.20. The number of primary sulfonamides is 1. The van der Waals surface area contributed by atoms with E-state index in [1.807, 2.05) is 6.07 Å². The van der Waals surface area contributed by atoms with Gasteiger partial charge in [0.05, 0.1) is 15.9 Å². The van der Waals surface area contributed by atoms with E-state index in [0.717, 1.165) is 35.9 Å². The van der Waals surface area contributed by atoms with Crippen molar-refractivity contribution in [3.8, 4) is 0 Å². The van der Waals surface area contributed by atoms with Crippen LogP contribution in [0.15, 0.2) is 28.3 Å². The Labute approximate surface area is 153 Å². The van der Waals surface area contributed by atoms with Gasteiger partial charge < -0.3 is 9.47 Å². The second-order valence-electron chi connectivity index (χ2n) is 6.49. The molecular weight excluding hydrogens is 356 g/mol. The third-order valence-electron chi connectivity index (χ3n) is 4.55. The minimum Gasteiger partial charge on any atom is -0.319 e. The molecule has 0 radical (unpaired) electrons. The highest BCUT2D eigenvalue weighted by atomic mass is 32.2. The third-order valence-corrected chi connectivity index (χ3v) is 6.42. The van der Waals surface area contributed by atoms with Crippen LogP contribution in [0.2, 0.25) is 0 Å². The lowest BCUT2D eigenvalue weighted by atomic mass is 10.1. The van der Waals surface area contributed by atoms with Crippen LogP contribution in [-0.2, 0) is 16.6 Å². The average molecular weight is 383 g/mol. The fourth-order valence-corrected chi connectivity index (χ4v) is 4.84. The Bertz CT molecular complexity index is 827. The van der Waals surface area contributed by atoms with Gasteiger partial charge in [-0.3, -0.25) is 0 Å². The lowest BCUT2D eigenvalue weighted by molar-refractivity contribution is 0.242. The molecule has 6 nitrogen and oxygen atoms in total. The van der Waals surface area contributed by atoms with E-state index in [1.54, 1.807) is 23.9 Å². The predicted octanol–water partition coefficient (Wildman–Crippen LogP) is 2.67. The summed E-state index contributed by atoms with van der Waals surface area (Å²) < 4.78 is 25.3. The number of imidazole rings is 1. The van der Waals surface area contributed by atoms with Gasteiger partial charge in [-0.2, -0.15) is 0 Å². The van der Waals surface area contributed by atoms with Crippen molar-refractivity contribution in [2.45, 2.75) is 49.2 Å². The number of fused-ring (bicyclic) bond motifs is 1. The highest BCUT2D eigenvalue weighted by Gasteiger charge is 2.16. The van der Waals surface area contributed by atoms with Crippen LogP contribution in [0.4, 0.5) is 0 Å². The quantitative estimate of drug-likeness (QED) is 0.745. The number of nitrogens with zero attached hydrogens (tertiary/aromatic N) is 3. The third kappa shape index (κ3) is 4.55. The van der Waals surface area contributed by atoms with Crippen molar-refractivity contribution in [3.05, 3.63) is 18.2 Å². The van der Waals surface area contributed by atoms with Crippen LogP contribution in [0.25, 0.3) is 11.0 Å². The Kier molecular flexibility index (Phi) is 6.04. The summed E-state index contributed by atoms with van der Waals surface area (Å²) in [5.41, 5.74) is 1.66. The van der Waals surface area contributed by atoms with Crippen molar-refractivity contribution in [1.29, 1.82) is 0 Å². The molecule has 0 unspecified atom stereocenters. The van der Waals surface area contributed by atoms with Gasteiger partial charge in [-0.25, -0.2) is 18.5 Å². The molecule has 0 saturated carbocycles. The van der Waals surface area contributed by atoms with Crippen LogP contribution in [-0.4, -0.2) is 48.3 Å². The van der Waals surface area contributed by atoms with Crippen molar-refractivity contribution in [3.63, 3.8) is 0 Å². The van der Waals surface area contributed by atoms with E-state index in [9.17, 15) is 8.42 Å². The fourth-order valence-electron chi connectivity index (χ4n) is 3.26. The minimum absolute atomic E-state index is 0.117. The SMILES string of the molecule is CCCn1c(SCCN2CCCCC2)nc2cc(S(N)(=O)=O)ccc21. The van der Waals surface area contributed by atoms with Gasteiger partial charge in [0, 0.05) is 18.8 Å². The highest BCUT2D eigenvalue weighted by Crippen LogP contribution is 2.26. The molecular formula is C17H26N4O2S2. The van der Waals surface area contributed by atoms with E-state index in [4.69, 9.17) is 5.14 Å². The van der Waals surface area contributed by atoms with E-state index in [1.165, 1.54) is 32.4 Å². The van der Waals surface area contributed by atoms with Gasteiger partial charge in [0.25, 0.3) is 0 Å². The average Bonchev–Trinajstić information content (AvgIpc) is 2.92. The first-order valence-corrected chi connectivity index (χ1v) is 11.4. The number of aromatic nitrogens is 2. The normalized spacial score (nSPS) is 16.6.